The Morgan fingerprint density at radius 3 is 2.00 bits per heavy atom. The molecule has 2 atom stereocenters. The van der Waals surface area contributed by atoms with E-state index in [1.165, 1.54) is 5.56 Å². The molecular weight excluding hydrogens is 458 g/mol. The van der Waals surface area contributed by atoms with E-state index in [0.29, 0.717) is 26.2 Å². The van der Waals surface area contributed by atoms with E-state index in [1.54, 1.807) is 0 Å². The molecule has 2 N–H and O–H groups in total. The first-order chi connectivity index (χ1) is 18.0. The van der Waals surface area contributed by atoms with E-state index in [-0.39, 0.29) is 18.1 Å². The maximum Gasteiger partial charge on any atom is 0.0982 e. The average Bonchev–Trinajstić information content (AvgIpc) is 3.47. The number of aliphatic hydroxyl groups is 1. The maximum atomic E-state index is 11.1. The lowest BCUT2D eigenvalue weighted by Crippen LogP contribution is -2.49. The zero-order valence-electron chi connectivity index (χ0n) is 22.0. The molecule has 0 bridgehead atoms. The van der Waals surface area contributed by atoms with Crippen LogP contribution < -0.4 is 0 Å². The molecule has 0 saturated heterocycles. The first-order valence-electron chi connectivity index (χ1n) is 13.1. The Bertz CT molecular complexity index is 1160. The Morgan fingerprint density at radius 1 is 0.784 bits per heavy atom. The highest BCUT2D eigenvalue weighted by Crippen LogP contribution is 2.48. The second-order valence-electron chi connectivity index (χ2n) is 10.4. The van der Waals surface area contributed by atoms with E-state index in [2.05, 4.69) is 73.4 Å². The van der Waals surface area contributed by atoms with E-state index in [1.807, 2.05) is 54.7 Å². The molecule has 0 radical (unpaired) electrons. The highest BCUT2D eigenvalue weighted by Gasteiger charge is 2.48. The minimum absolute atomic E-state index is 0.0159. The molecule has 3 aromatic carbocycles. The molecule has 4 aromatic rings. The van der Waals surface area contributed by atoms with Crippen molar-refractivity contribution in [1.82, 2.24) is 4.98 Å². The van der Waals surface area contributed by atoms with Gasteiger partial charge in [-0.1, -0.05) is 105 Å². The van der Waals surface area contributed by atoms with Crippen molar-refractivity contribution in [2.45, 2.75) is 44.8 Å². The van der Waals surface area contributed by atoms with Crippen LogP contribution in [0.5, 0.6) is 0 Å². The van der Waals surface area contributed by atoms with Crippen molar-refractivity contribution in [3.05, 3.63) is 132 Å². The standard InChI is InChI=1S/C33H39NO3/c1-32(2,26-36-24-28-15-8-4-9-16-28)33(25-35,29-17-10-5-11-18-29)23-31(30-19-12-21-34-30)37-22-20-27-13-6-3-7-14-27/h3-19,21,31,34-35H,20,22-26H2,1-2H3. The van der Waals surface area contributed by atoms with Gasteiger partial charge >= 0.3 is 0 Å². The number of hydrogen-bond acceptors (Lipinski definition) is 3. The number of aliphatic hydroxyl groups excluding tert-OH is 1. The maximum absolute atomic E-state index is 11.1. The second kappa shape index (κ2) is 12.9. The van der Waals surface area contributed by atoms with Crippen LogP contribution >= 0.6 is 0 Å². The number of H-pyrrole nitrogens is 1. The summed E-state index contributed by atoms with van der Waals surface area (Å²) in [5, 5.41) is 11.1. The molecule has 0 saturated carbocycles. The van der Waals surface area contributed by atoms with Crippen molar-refractivity contribution in [1.29, 1.82) is 0 Å². The lowest BCUT2D eigenvalue weighted by Gasteiger charge is -2.47. The molecule has 37 heavy (non-hydrogen) atoms. The predicted molar refractivity (Wildman–Crippen MR) is 149 cm³/mol. The van der Waals surface area contributed by atoms with Gasteiger partial charge in [-0.15, -0.1) is 0 Å². The number of hydrogen-bond donors (Lipinski definition) is 2. The van der Waals surface area contributed by atoms with Crippen molar-refractivity contribution >= 4 is 0 Å². The molecule has 1 heterocycles. The number of ether oxygens (including phenoxy) is 2. The lowest BCUT2D eigenvalue weighted by atomic mass is 9.59. The molecule has 0 aliphatic rings. The number of nitrogens with one attached hydrogen (secondary N) is 1. The van der Waals surface area contributed by atoms with Crippen molar-refractivity contribution in [2.75, 3.05) is 19.8 Å². The van der Waals surface area contributed by atoms with Crippen LogP contribution in [0.1, 0.15) is 48.8 Å². The summed E-state index contributed by atoms with van der Waals surface area (Å²) < 4.78 is 12.8. The third-order valence-corrected chi connectivity index (χ3v) is 7.52. The summed E-state index contributed by atoms with van der Waals surface area (Å²) >= 11 is 0. The molecule has 4 nitrogen and oxygen atoms in total. The summed E-state index contributed by atoms with van der Waals surface area (Å²) in [5.74, 6) is 0. The van der Waals surface area contributed by atoms with Crippen molar-refractivity contribution < 1.29 is 14.6 Å². The van der Waals surface area contributed by atoms with E-state index in [9.17, 15) is 5.11 Å². The van der Waals surface area contributed by atoms with Gasteiger partial charge in [-0.05, 0) is 41.7 Å². The van der Waals surface area contributed by atoms with Crippen LogP contribution in [0.15, 0.2) is 109 Å². The molecule has 0 aliphatic heterocycles. The van der Waals surface area contributed by atoms with Gasteiger partial charge in [-0.3, -0.25) is 0 Å². The van der Waals surface area contributed by atoms with Crippen LogP contribution in [0.4, 0.5) is 0 Å². The van der Waals surface area contributed by atoms with Crippen molar-refractivity contribution in [2.24, 2.45) is 5.41 Å². The van der Waals surface area contributed by atoms with Crippen molar-refractivity contribution in [3.8, 4) is 0 Å². The van der Waals surface area contributed by atoms with Gasteiger partial charge in [-0.25, -0.2) is 0 Å². The molecule has 0 fully saturated rings. The Hall–Kier alpha value is -3.18. The van der Waals surface area contributed by atoms with Crippen LogP contribution in [-0.2, 0) is 27.9 Å². The van der Waals surface area contributed by atoms with Gasteiger partial charge in [0, 0.05) is 22.7 Å². The van der Waals surface area contributed by atoms with E-state index in [0.717, 1.165) is 23.2 Å². The smallest absolute Gasteiger partial charge is 0.0982 e. The van der Waals surface area contributed by atoms with Gasteiger partial charge in [0.05, 0.1) is 32.5 Å². The normalized spacial score (nSPS) is 14.2. The Morgan fingerprint density at radius 2 is 1.41 bits per heavy atom. The van der Waals surface area contributed by atoms with Gasteiger partial charge < -0.3 is 19.6 Å². The van der Waals surface area contributed by atoms with Crippen LogP contribution in [0.2, 0.25) is 0 Å². The largest absolute Gasteiger partial charge is 0.395 e. The predicted octanol–water partition coefficient (Wildman–Crippen LogP) is 6.88. The number of aromatic nitrogens is 1. The SMILES string of the molecule is CC(C)(COCc1ccccc1)C(CO)(CC(OCCc1ccccc1)c1ccc[nH]1)c1ccccc1. The molecule has 0 aliphatic carbocycles. The van der Waals surface area contributed by atoms with Crippen molar-refractivity contribution in [3.63, 3.8) is 0 Å². The van der Waals surface area contributed by atoms with Gasteiger partial charge in [0.15, 0.2) is 0 Å². The molecule has 194 valence electrons. The Labute approximate surface area is 221 Å². The Balaban J connectivity index is 1.58. The quantitative estimate of drug-likeness (QED) is 0.200. The average molecular weight is 498 g/mol. The third kappa shape index (κ3) is 6.78. The Kier molecular flexibility index (Phi) is 9.34. The van der Waals surface area contributed by atoms with Gasteiger partial charge in [-0.2, -0.15) is 0 Å². The van der Waals surface area contributed by atoms with E-state index < -0.39 is 5.41 Å². The topological polar surface area (TPSA) is 54.5 Å². The third-order valence-electron chi connectivity index (χ3n) is 7.52. The van der Waals surface area contributed by atoms with Crippen LogP contribution in [-0.4, -0.2) is 29.9 Å². The highest BCUT2D eigenvalue weighted by atomic mass is 16.5. The zero-order chi connectivity index (χ0) is 26.0. The van der Waals surface area contributed by atoms with Gasteiger partial charge in [0.1, 0.15) is 0 Å². The lowest BCUT2D eigenvalue weighted by molar-refractivity contribution is -0.0539. The molecule has 4 heteroatoms. The summed E-state index contributed by atoms with van der Waals surface area (Å²) in [5.41, 5.74) is 3.52. The molecule has 2 unspecified atom stereocenters. The summed E-state index contributed by atoms with van der Waals surface area (Å²) in [6, 6.07) is 35.0. The number of rotatable bonds is 14. The van der Waals surface area contributed by atoms with Gasteiger partial charge in [0.2, 0.25) is 0 Å². The fourth-order valence-corrected chi connectivity index (χ4v) is 5.13. The number of benzene rings is 3. The highest BCUT2D eigenvalue weighted by molar-refractivity contribution is 5.30. The molecule has 0 spiro atoms. The first-order valence-corrected chi connectivity index (χ1v) is 13.1. The monoisotopic (exact) mass is 497 g/mol. The van der Waals surface area contributed by atoms with Gasteiger partial charge in [0.25, 0.3) is 0 Å². The fourth-order valence-electron chi connectivity index (χ4n) is 5.13. The number of aromatic amines is 1. The summed E-state index contributed by atoms with van der Waals surface area (Å²) in [4.78, 5) is 3.36. The molecule has 1 aromatic heterocycles. The summed E-state index contributed by atoms with van der Waals surface area (Å²) in [7, 11) is 0. The second-order valence-corrected chi connectivity index (χ2v) is 10.4. The minimum Gasteiger partial charge on any atom is -0.395 e. The van der Waals surface area contributed by atoms with Crippen LogP contribution in [0.25, 0.3) is 0 Å². The van der Waals surface area contributed by atoms with Crippen LogP contribution in [0, 0.1) is 5.41 Å². The molecular formula is C33H39NO3. The summed E-state index contributed by atoms with van der Waals surface area (Å²) in [6.07, 6.45) is 3.17. The van der Waals surface area contributed by atoms with E-state index in [4.69, 9.17) is 9.47 Å². The minimum atomic E-state index is -0.590. The van der Waals surface area contributed by atoms with Crippen LogP contribution in [0.3, 0.4) is 0 Å². The first kappa shape index (κ1) is 26.9. The fraction of sp³-hybridized carbons (Fsp3) is 0.333. The molecule has 0 amide bonds. The zero-order valence-corrected chi connectivity index (χ0v) is 22.0. The van der Waals surface area contributed by atoms with E-state index >= 15 is 0 Å². The summed E-state index contributed by atoms with van der Waals surface area (Å²) in [6.45, 7) is 5.99. The molecule has 4 rings (SSSR count).